The molecule has 0 saturated carbocycles. The summed E-state index contributed by atoms with van der Waals surface area (Å²) in [6.07, 6.45) is 1.92. The number of aliphatic carboxylic acids is 1. The third kappa shape index (κ3) is 4.20. The molecule has 0 radical (unpaired) electrons. The molecule has 1 heterocycles. The van der Waals surface area contributed by atoms with E-state index in [1.807, 2.05) is 0 Å². The van der Waals surface area contributed by atoms with Crippen molar-refractivity contribution >= 4 is 18.1 Å². The van der Waals surface area contributed by atoms with Crippen molar-refractivity contribution in [1.82, 2.24) is 5.43 Å². The molecule has 114 valence electrons. The number of hydrogen-bond donors (Lipinski definition) is 2. The van der Waals surface area contributed by atoms with E-state index in [4.69, 9.17) is 14.3 Å². The number of rotatable bonds is 6. The summed E-state index contributed by atoms with van der Waals surface area (Å²) in [6, 6.07) is 9.75. The van der Waals surface area contributed by atoms with Crippen molar-refractivity contribution in [3.05, 3.63) is 54.0 Å². The van der Waals surface area contributed by atoms with E-state index < -0.39 is 18.0 Å². The van der Waals surface area contributed by atoms with Gasteiger partial charge in [0.25, 0.3) is 0 Å². The van der Waals surface area contributed by atoms with Gasteiger partial charge in [-0.05, 0) is 48.9 Å². The molecular formula is C15H14N2O5. The number of carbonyl (C=O) groups excluding carboxylic acids is 1. The Labute approximate surface area is 126 Å². The van der Waals surface area contributed by atoms with Crippen LogP contribution < -0.4 is 10.2 Å². The van der Waals surface area contributed by atoms with Gasteiger partial charge in [0.2, 0.25) is 0 Å². The molecule has 0 aliphatic carbocycles. The van der Waals surface area contributed by atoms with Gasteiger partial charge in [-0.15, -0.1) is 0 Å². The standard InChI is InChI=1S/C15H14N2O5/c1-10(15(19)20)22-12-6-4-11(5-7-12)9-16-17-14(18)13-3-2-8-21-13/h2-10H,1H3,(H,17,18)(H,19,20)/t10-/m1/s1. The monoisotopic (exact) mass is 302 g/mol. The van der Waals surface area contributed by atoms with Crippen molar-refractivity contribution in [3.63, 3.8) is 0 Å². The maximum Gasteiger partial charge on any atom is 0.344 e. The Morgan fingerprint density at radius 3 is 2.64 bits per heavy atom. The predicted octanol–water partition coefficient (Wildman–Crippen LogP) is 1.90. The van der Waals surface area contributed by atoms with Crippen LogP contribution in [0.15, 0.2) is 52.2 Å². The van der Waals surface area contributed by atoms with Gasteiger partial charge < -0.3 is 14.3 Å². The third-order valence-electron chi connectivity index (χ3n) is 2.67. The number of amides is 1. The van der Waals surface area contributed by atoms with Crippen molar-refractivity contribution in [3.8, 4) is 5.75 Å². The minimum atomic E-state index is -1.04. The van der Waals surface area contributed by atoms with Crippen molar-refractivity contribution in [1.29, 1.82) is 0 Å². The van der Waals surface area contributed by atoms with Crippen LogP contribution in [0.4, 0.5) is 0 Å². The first-order valence-corrected chi connectivity index (χ1v) is 6.42. The summed E-state index contributed by atoms with van der Waals surface area (Å²) < 4.78 is 10.1. The predicted molar refractivity (Wildman–Crippen MR) is 77.9 cm³/mol. The Hall–Kier alpha value is -3.09. The molecule has 0 saturated heterocycles. The number of carboxylic acid groups (broad SMARTS) is 1. The molecule has 0 fully saturated rings. The van der Waals surface area contributed by atoms with E-state index in [2.05, 4.69) is 10.5 Å². The van der Waals surface area contributed by atoms with Crippen LogP contribution in [0.2, 0.25) is 0 Å². The summed E-state index contributed by atoms with van der Waals surface area (Å²) in [5, 5.41) is 12.5. The molecule has 7 nitrogen and oxygen atoms in total. The molecule has 0 spiro atoms. The molecule has 0 bridgehead atoms. The average Bonchev–Trinajstić information content (AvgIpc) is 3.03. The number of hydrazone groups is 1. The molecule has 2 aromatic rings. The van der Waals surface area contributed by atoms with Gasteiger partial charge in [0.15, 0.2) is 11.9 Å². The lowest BCUT2D eigenvalue weighted by molar-refractivity contribution is -0.144. The Morgan fingerprint density at radius 2 is 2.05 bits per heavy atom. The van der Waals surface area contributed by atoms with Gasteiger partial charge >= 0.3 is 11.9 Å². The fourth-order valence-corrected chi connectivity index (χ4v) is 1.52. The fourth-order valence-electron chi connectivity index (χ4n) is 1.52. The number of nitrogens with one attached hydrogen (secondary N) is 1. The summed E-state index contributed by atoms with van der Waals surface area (Å²) in [5.41, 5.74) is 3.04. The van der Waals surface area contributed by atoms with Gasteiger partial charge in [-0.25, -0.2) is 10.2 Å². The number of ether oxygens (including phenoxy) is 1. The second-order valence-corrected chi connectivity index (χ2v) is 4.34. The SMILES string of the molecule is C[C@@H](Oc1ccc(C=NNC(=O)c2ccco2)cc1)C(=O)O. The van der Waals surface area contributed by atoms with E-state index in [0.717, 1.165) is 5.56 Å². The number of carboxylic acids is 1. The van der Waals surface area contributed by atoms with Gasteiger partial charge in [0.05, 0.1) is 12.5 Å². The zero-order chi connectivity index (χ0) is 15.9. The molecule has 0 unspecified atom stereocenters. The lowest BCUT2D eigenvalue weighted by atomic mass is 10.2. The van der Waals surface area contributed by atoms with Crippen molar-refractivity contribution < 1.29 is 23.8 Å². The molecule has 7 heteroatoms. The maximum atomic E-state index is 11.5. The normalized spacial score (nSPS) is 12.0. The minimum absolute atomic E-state index is 0.170. The topological polar surface area (TPSA) is 101 Å². The number of carbonyl (C=O) groups is 2. The van der Waals surface area contributed by atoms with E-state index >= 15 is 0 Å². The average molecular weight is 302 g/mol. The molecule has 1 amide bonds. The first-order chi connectivity index (χ1) is 10.6. The van der Waals surface area contributed by atoms with Crippen LogP contribution in [0.3, 0.4) is 0 Å². The number of benzene rings is 1. The molecule has 0 aliphatic heterocycles. The van der Waals surface area contributed by atoms with Crippen LogP contribution in [0.1, 0.15) is 23.0 Å². The zero-order valence-corrected chi connectivity index (χ0v) is 11.7. The van der Waals surface area contributed by atoms with Crippen LogP contribution in [0.25, 0.3) is 0 Å². The highest BCUT2D eigenvalue weighted by atomic mass is 16.5. The maximum absolute atomic E-state index is 11.5. The second-order valence-electron chi connectivity index (χ2n) is 4.34. The second kappa shape index (κ2) is 7.07. The highest BCUT2D eigenvalue weighted by Crippen LogP contribution is 2.13. The van der Waals surface area contributed by atoms with Gasteiger partial charge in [0.1, 0.15) is 5.75 Å². The van der Waals surface area contributed by atoms with Crippen LogP contribution >= 0.6 is 0 Å². The van der Waals surface area contributed by atoms with Gasteiger partial charge in [-0.3, -0.25) is 4.79 Å². The van der Waals surface area contributed by atoms with Crippen LogP contribution in [-0.4, -0.2) is 29.3 Å². The molecule has 1 aromatic heterocycles. The molecule has 2 N–H and O–H groups in total. The highest BCUT2D eigenvalue weighted by molar-refractivity contribution is 5.92. The van der Waals surface area contributed by atoms with Gasteiger partial charge in [0, 0.05) is 0 Å². The Bertz CT molecular complexity index is 662. The van der Waals surface area contributed by atoms with Crippen molar-refractivity contribution in [2.45, 2.75) is 13.0 Å². The molecule has 22 heavy (non-hydrogen) atoms. The summed E-state index contributed by atoms with van der Waals surface area (Å²) in [7, 11) is 0. The Morgan fingerprint density at radius 1 is 1.32 bits per heavy atom. The van der Waals surface area contributed by atoms with E-state index in [0.29, 0.717) is 5.75 Å². The lowest BCUT2D eigenvalue weighted by Gasteiger charge is -2.09. The van der Waals surface area contributed by atoms with Gasteiger partial charge in [-0.2, -0.15) is 5.10 Å². The third-order valence-corrected chi connectivity index (χ3v) is 2.67. The van der Waals surface area contributed by atoms with Crippen LogP contribution in [-0.2, 0) is 4.79 Å². The zero-order valence-electron chi connectivity index (χ0n) is 11.7. The van der Waals surface area contributed by atoms with E-state index in [9.17, 15) is 9.59 Å². The summed E-state index contributed by atoms with van der Waals surface area (Å²) in [6.45, 7) is 1.45. The largest absolute Gasteiger partial charge is 0.479 e. The van der Waals surface area contributed by atoms with Crippen LogP contribution in [0.5, 0.6) is 5.75 Å². The van der Waals surface area contributed by atoms with E-state index in [1.54, 1.807) is 30.3 Å². The lowest BCUT2D eigenvalue weighted by Crippen LogP contribution is -2.22. The fraction of sp³-hybridized carbons (Fsp3) is 0.133. The van der Waals surface area contributed by atoms with Crippen molar-refractivity contribution in [2.24, 2.45) is 5.10 Å². The first kappa shape index (κ1) is 15.3. The number of furan rings is 1. The summed E-state index contributed by atoms with van der Waals surface area (Å²) in [4.78, 5) is 22.2. The smallest absolute Gasteiger partial charge is 0.344 e. The minimum Gasteiger partial charge on any atom is -0.479 e. The van der Waals surface area contributed by atoms with Crippen LogP contribution in [0, 0.1) is 0 Å². The quantitative estimate of drug-likeness (QED) is 0.627. The van der Waals surface area contributed by atoms with Crippen molar-refractivity contribution in [2.75, 3.05) is 0 Å². The number of hydrogen-bond acceptors (Lipinski definition) is 5. The molecule has 2 rings (SSSR count). The molecule has 1 atom stereocenters. The molecular weight excluding hydrogens is 288 g/mol. The number of nitrogens with zero attached hydrogens (tertiary/aromatic N) is 1. The summed E-state index contributed by atoms with van der Waals surface area (Å²) >= 11 is 0. The van der Waals surface area contributed by atoms with E-state index in [1.165, 1.54) is 25.5 Å². The van der Waals surface area contributed by atoms with Gasteiger partial charge in [-0.1, -0.05) is 0 Å². The summed E-state index contributed by atoms with van der Waals surface area (Å²) in [5.74, 6) is -0.877. The first-order valence-electron chi connectivity index (χ1n) is 6.42. The Balaban J connectivity index is 1.89. The molecule has 1 aromatic carbocycles. The molecule has 0 aliphatic rings. The Kier molecular flexibility index (Phi) is 4.92. The van der Waals surface area contributed by atoms with E-state index in [-0.39, 0.29) is 5.76 Å². The highest BCUT2D eigenvalue weighted by Gasteiger charge is 2.11.